The molecule has 0 aliphatic carbocycles. The van der Waals surface area contributed by atoms with Crippen molar-refractivity contribution in [3.63, 3.8) is 0 Å². The van der Waals surface area contributed by atoms with Gasteiger partial charge in [0.25, 0.3) is 0 Å². The van der Waals surface area contributed by atoms with E-state index in [9.17, 15) is 0 Å². The fourth-order valence-electron chi connectivity index (χ4n) is 0.436. The molecule has 50 valence electrons. The van der Waals surface area contributed by atoms with Crippen LogP contribution in [0.1, 0.15) is 20.3 Å². The van der Waals surface area contributed by atoms with Gasteiger partial charge in [-0.1, -0.05) is 13.8 Å². The number of hydrogen-bond donors (Lipinski definition) is 0. The van der Waals surface area contributed by atoms with Gasteiger partial charge in [-0.25, -0.2) is 0 Å². The third-order valence-corrected chi connectivity index (χ3v) is 1.50. The van der Waals surface area contributed by atoms with Gasteiger partial charge < -0.3 is 0 Å². The van der Waals surface area contributed by atoms with E-state index in [-0.39, 0.29) is 0 Å². The lowest BCUT2D eigenvalue weighted by atomic mass is 10.1. The highest BCUT2D eigenvalue weighted by atomic mass is 127. The van der Waals surface area contributed by atoms with Crippen LogP contribution < -0.4 is 0 Å². The Kier molecular flexibility index (Phi) is 4.95. The van der Waals surface area contributed by atoms with E-state index >= 15 is 0 Å². The Morgan fingerprint density at radius 1 is 1.50 bits per heavy atom. The first kappa shape index (κ1) is 8.69. The standard InChI is InChI=1S/C6H14IN/c1-6(2)4-5-8(3)7/h6H,4-5H2,1-3H3. The summed E-state index contributed by atoms with van der Waals surface area (Å²) in [6, 6.07) is 0. The highest BCUT2D eigenvalue weighted by Crippen LogP contribution is 2.02. The minimum Gasteiger partial charge on any atom is -0.251 e. The number of nitrogens with zero attached hydrogens (tertiary/aromatic N) is 1. The van der Waals surface area contributed by atoms with Gasteiger partial charge >= 0.3 is 0 Å². The monoisotopic (exact) mass is 227 g/mol. The van der Waals surface area contributed by atoms with Crippen molar-refractivity contribution in [3.8, 4) is 0 Å². The van der Waals surface area contributed by atoms with Gasteiger partial charge in [0.1, 0.15) is 0 Å². The largest absolute Gasteiger partial charge is 0.251 e. The molecule has 0 spiro atoms. The van der Waals surface area contributed by atoms with Crippen molar-refractivity contribution in [2.24, 2.45) is 5.92 Å². The van der Waals surface area contributed by atoms with Crippen LogP contribution in [0.2, 0.25) is 0 Å². The minimum absolute atomic E-state index is 0.840. The SMILES string of the molecule is CC(C)CCN(C)I. The molecule has 0 amide bonds. The smallest absolute Gasteiger partial charge is 0.0198 e. The molecule has 0 aromatic heterocycles. The lowest BCUT2D eigenvalue weighted by Gasteiger charge is -2.08. The molecule has 1 nitrogen and oxygen atoms in total. The van der Waals surface area contributed by atoms with Crippen LogP contribution in [0.25, 0.3) is 0 Å². The molecule has 0 atom stereocenters. The highest BCUT2D eigenvalue weighted by Gasteiger charge is 1.94. The Labute approximate surface area is 65.9 Å². The normalized spacial score (nSPS) is 11.2. The molecule has 8 heavy (non-hydrogen) atoms. The van der Waals surface area contributed by atoms with E-state index in [0.717, 1.165) is 5.92 Å². The van der Waals surface area contributed by atoms with Crippen LogP contribution in [-0.4, -0.2) is 16.7 Å². The maximum atomic E-state index is 2.31. The van der Waals surface area contributed by atoms with Gasteiger partial charge in [0.05, 0.1) is 0 Å². The summed E-state index contributed by atoms with van der Waals surface area (Å²) in [6.45, 7) is 5.71. The van der Waals surface area contributed by atoms with E-state index in [2.05, 4.69) is 46.9 Å². The second kappa shape index (κ2) is 4.56. The molecule has 0 unspecified atom stereocenters. The number of halogens is 1. The fourth-order valence-corrected chi connectivity index (χ4v) is 0.715. The molecule has 0 N–H and O–H groups in total. The van der Waals surface area contributed by atoms with E-state index in [4.69, 9.17) is 0 Å². The van der Waals surface area contributed by atoms with Gasteiger partial charge in [-0.2, -0.15) is 0 Å². The van der Waals surface area contributed by atoms with Gasteiger partial charge in [0.2, 0.25) is 0 Å². The first-order valence-corrected chi connectivity index (χ1v) is 3.96. The molecule has 0 aromatic rings. The summed E-state index contributed by atoms with van der Waals surface area (Å²) in [6.07, 6.45) is 1.30. The van der Waals surface area contributed by atoms with Crippen molar-refractivity contribution in [1.29, 1.82) is 0 Å². The molecular weight excluding hydrogens is 213 g/mol. The highest BCUT2D eigenvalue weighted by molar-refractivity contribution is 14.1. The van der Waals surface area contributed by atoms with Crippen LogP contribution in [0.3, 0.4) is 0 Å². The van der Waals surface area contributed by atoms with Crippen molar-refractivity contribution in [3.05, 3.63) is 0 Å². The Morgan fingerprint density at radius 2 is 2.00 bits per heavy atom. The Bertz CT molecular complexity index is 44.5. The first-order valence-electron chi connectivity index (χ1n) is 3.00. The lowest BCUT2D eigenvalue weighted by molar-refractivity contribution is 0.495. The van der Waals surface area contributed by atoms with Gasteiger partial charge in [-0.15, -0.1) is 0 Å². The Morgan fingerprint density at radius 3 is 2.12 bits per heavy atom. The van der Waals surface area contributed by atoms with E-state index < -0.39 is 0 Å². The summed E-state index contributed by atoms with van der Waals surface area (Å²) in [4.78, 5) is 0. The third kappa shape index (κ3) is 6.69. The summed E-state index contributed by atoms with van der Waals surface area (Å²) in [5.41, 5.74) is 0. The van der Waals surface area contributed by atoms with Crippen LogP contribution in [0.5, 0.6) is 0 Å². The zero-order valence-corrected chi connectivity index (χ0v) is 7.97. The molecule has 0 fully saturated rings. The van der Waals surface area contributed by atoms with Crippen molar-refractivity contribution in [2.75, 3.05) is 13.6 Å². The molecular formula is C6H14IN. The maximum absolute atomic E-state index is 2.31. The van der Waals surface area contributed by atoms with Crippen molar-refractivity contribution in [1.82, 2.24) is 3.11 Å². The average Bonchev–Trinajstić information content (AvgIpc) is 1.61. The maximum Gasteiger partial charge on any atom is 0.0198 e. The molecule has 0 radical (unpaired) electrons. The number of hydrogen-bond acceptors (Lipinski definition) is 1. The molecule has 0 aliphatic heterocycles. The zero-order chi connectivity index (χ0) is 6.57. The van der Waals surface area contributed by atoms with Gasteiger partial charge in [-0.3, -0.25) is 3.11 Å². The summed E-state index contributed by atoms with van der Waals surface area (Å²) < 4.78 is 2.19. The number of rotatable bonds is 3. The lowest BCUT2D eigenvalue weighted by Crippen LogP contribution is -2.07. The van der Waals surface area contributed by atoms with Crippen LogP contribution >= 0.6 is 22.9 Å². The zero-order valence-electron chi connectivity index (χ0n) is 5.82. The molecule has 0 aliphatic rings. The van der Waals surface area contributed by atoms with E-state index in [0.29, 0.717) is 0 Å². The van der Waals surface area contributed by atoms with Gasteiger partial charge in [-0.05, 0) is 19.4 Å². The average molecular weight is 227 g/mol. The van der Waals surface area contributed by atoms with Crippen molar-refractivity contribution < 1.29 is 0 Å². The predicted molar refractivity (Wildman–Crippen MR) is 46.1 cm³/mol. The second-order valence-corrected chi connectivity index (χ2v) is 4.16. The van der Waals surface area contributed by atoms with Crippen LogP contribution in [0.4, 0.5) is 0 Å². The van der Waals surface area contributed by atoms with E-state index in [1.165, 1.54) is 13.0 Å². The van der Waals surface area contributed by atoms with Gasteiger partial charge in [0, 0.05) is 29.4 Å². The Hall–Kier alpha value is 0.690. The molecule has 0 heterocycles. The predicted octanol–water partition coefficient (Wildman–Crippen LogP) is 2.31. The molecule has 0 bridgehead atoms. The topological polar surface area (TPSA) is 3.24 Å². The van der Waals surface area contributed by atoms with Crippen LogP contribution in [0.15, 0.2) is 0 Å². The summed E-state index contributed by atoms with van der Waals surface area (Å²) >= 11 is 2.31. The molecule has 2 heteroatoms. The molecule has 0 saturated carbocycles. The van der Waals surface area contributed by atoms with Crippen LogP contribution in [-0.2, 0) is 0 Å². The summed E-state index contributed by atoms with van der Waals surface area (Å²) in [5, 5.41) is 0. The Balaban J connectivity index is 2.93. The second-order valence-electron chi connectivity index (χ2n) is 2.51. The van der Waals surface area contributed by atoms with Gasteiger partial charge in [0.15, 0.2) is 0 Å². The van der Waals surface area contributed by atoms with Crippen molar-refractivity contribution in [2.45, 2.75) is 20.3 Å². The van der Waals surface area contributed by atoms with E-state index in [1.54, 1.807) is 0 Å². The third-order valence-electron chi connectivity index (χ3n) is 1.01. The van der Waals surface area contributed by atoms with Crippen molar-refractivity contribution >= 4 is 22.9 Å². The summed E-state index contributed by atoms with van der Waals surface area (Å²) in [7, 11) is 2.10. The van der Waals surface area contributed by atoms with E-state index in [1.807, 2.05) is 0 Å². The molecule has 0 saturated heterocycles. The molecule has 0 rings (SSSR count). The first-order chi connectivity index (χ1) is 3.63. The fraction of sp³-hybridized carbons (Fsp3) is 1.00. The quantitative estimate of drug-likeness (QED) is 0.528. The minimum atomic E-state index is 0.840. The summed E-state index contributed by atoms with van der Waals surface area (Å²) in [5.74, 6) is 0.840. The molecule has 0 aromatic carbocycles. The van der Waals surface area contributed by atoms with Crippen LogP contribution in [0, 0.1) is 5.92 Å².